The van der Waals surface area contributed by atoms with Crippen molar-refractivity contribution < 1.29 is 13.9 Å². The summed E-state index contributed by atoms with van der Waals surface area (Å²) >= 11 is 0. The third-order valence-corrected chi connectivity index (χ3v) is 6.72. The van der Waals surface area contributed by atoms with Crippen LogP contribution in [0.1, 0.15) is 30.4 Å². The first-order valence-electron chi connectivity index (χ1n) is 12.0. The SMILES string of the molecule is NC(=O)Nc1oc2ccccc2c1CCCCN1CCN(c2ccc3c(c2)OCCC3)CC1. The highest BCUT2D eigenvalue weighted by molar-refractivity contribution is 5.93. The number of primary amides is 1. The van der Waals surface area contributed by atoms with Crippen molar-refractivity contribution in [3.63, 3.8) is 0 Å². The number of carbonyl (C=O) groups is 1. The number of amides is 2. The molecule has 0 radical (unpaired) electrons. The number of ether oxygens (including phenoxy) is 1. The molecule has 0 atom stereocenters. The number of nitrogens with zero attached hydrogens (tertiary/aromatic N) is 2. The van der Waals surface area contributed by atoms with E-state index in [1.54, 1.807) is 0 Å². The van der Waals surface area contributed by atoms with Crippen LogP contribution in [0.25, 0.3) is 11.0 Å². The molecule has 0 unspecified atom stereocenters. The number of benzene rings is 2. The Labute approximate surface area is 194 Å². The Kier molecular flexibility index (Phi) is 6.39. The molecule has 2 aromatic carbocycles. The van der Waals surface area contributed by atoms with Gasteiger partial charge in [0.15, 0.2) is 0 Å². The highest BCUT2D eigenvalue weighted by Gasteiger charge is 2.20. The van der Waals surface area contributed by atoms with Crippen molar-refractivity contribution >= 4 is 28.6 Å². The van der Waals surface area contributed by atoms with Crippen LogP contribution in [0.3, 0.4) is 0 Å². The van der Waals surface area contributed by atoms with E-state index in [0.717, 1.165) is 93.7 Å². The Balaban J connectivity index is 1.11. The van der Waals surface area contributed by atoms with Gasteiger partial charge in [-0.1, -0.05) is 24.3 Å². The molecule has 1 saturated heterocycles. The smallest absolute Gasteiger partial charge is 0.318 e. The minimum absolute atomic E-state index is 0.478. The van der Waals surface area contributed by atoms with Crippen LogP contribution in [0.4, 0.5) is 16.4 Å². The van der Waals surface area contributed by atoms with E-state index in [9.17, 15) is 4.79 Å². The molecule has 7 heteroatoms. The molecule has 33 heavy (non-hydrogen) atoms. The minimum atomic E-state index is -0.598. The predicted octanol–water partition coefficient (Wildman–Crippen LogP) is 4.39. The Morgan fingerprint density at radius 1 is 1.06 bits per heavy atom. The molecule has 0 spiro atoms. The maximum atomic E-state index is 11.4. The van der Waals surface area contributed by atoms with Gasteiger partial charge in [0.05, 0.1) is 6.61 Å². The Bertz CT molecular complexity index is 1120. The zero-order chi connectivity index (χ0) is 22.6. The standard InChI is InChI=1S/C26H32N4O3/c27-26(31)28-25-22(21-7-1-2-9-23(21)33-25)8-3-4-12-29-13-15-30(16-14-29)20-11-10-19-6-5-17-32-24(19)18-20/h1-2,7,9-11,18H,3-6,8,12-17H2,(H3,27,28,31). The lowest BCUT2D eigenvalue weighted by molar-refractivity contribution is 0.252. The summed E-state index contributed by atoms with van der Waals surface area (Å²) in [7, 11) is 0. The molecule has 174 valence electrons. The lowest BCUT2D eigenvalue weighted by atomic mass is 10.1. The summed E-state index contributed by atoms with van der Waals surface area (Å²) in [6, 6.07) is 14.0. The van der Waals surface area contributed by atoms with Gasteiger partial charge in [-0.2, -0.15) is 0 Å². The molecule has 0 aliphatic carbocycles. The fourth-order valence-electron chi connectivity index (χ4n) is 4.95. The quantitative estimate of drug-likeness (QED) is 0.524. The van der Waals surface area contributed by atoms with Crippen molar-refractivity contribution in [1.29, 1.82) is 0 Å². The first-order valence-corrected chi connectivity index (χ1v) is 12.0. The molecule has 0 saturated carbocycles. The molecule has 3 N–H and O–H groups in total. The number of aryl methyl sites for hydroxylation is 2. The monoisotopic (exact) mass is 448 g/mol. The Hall–Kier alpha value is -3.19. The van der Waals surface area contributed by atoms with E-state index in [0.29, 0.717) is 5.88 Å². The van der Waals surface area contributed by atoms with Gasteiger partial charge < -0.3 is 19.8 Å². The number of rotatable bonds is 7. The van der Waals surface area contributed by atoms with Gasteiger partial charge in [-0.3, -0.25) is 10.2 Å². The van der Waals surface area contributed by atoms with Gasteiger partial charge in [-0.25, -0.2) is 4.79 Å². The molecule has 2 aliphatic heterocycles. The van der Waals surface area contributed by atoms with Crippen LogP contribution in [0, 0.1) is 0 Å². The van der Waals surface area contributed by atoms with Crippen LogP contribution in [-0.2, 0) is 12.8 Å². The van der Waals surface area contributed by atoms with Crippen molar-refractivity contribution in [2.45, 2.75) is 32.1 Å². The lowest BCUT2D eigenvalue weighted by Crippen LogP contribution is -2.46. The van der Waals surface area contributed by atoms with Crippen molar-refractivity contribution in [2.24, 2.45) is 5.73 Å². The van der Waals surface area contributed by atoms with Crippen LogP contribution in [0.5, 0.6) is 5.75 Å². The molecule has 5 rings (SSSR count). The number of urea groups is 1. The van der Waals surface area contributed by atoms with E-state index in [2.05, 4.69) is 33.3 Å². The zero-order valence-electron chi connectivity index (χ0n) is 19.0. The topological polar surface area (TPSA) is 84.0 Å². The van der Waals surface area contributed by atoms with Crippen LogP contribution in [0.2, 0.25) is 0 Å². The van der Waals surface area contributed by atoms with E-state index in [1.165, 1.54) is 11.3 Å². The summed E-state index contributed by atoms with van der Waals surface area (Å²) in [6.45, 7) is 6.13. The second-order valence-electron chi connectivity index (χ2n) is 8.92. The number of nitrogens with two attached hydrogens (primary N) is 1. The fraction of sp³-hybridized carbons (Fsp3) is 0.423. The summed E-state index contributed by atoms with van der Waals surface area (Å²) in [5.41, 5.74) is 9.75. The van der Waals surface area contributed by atoms with E-state index in [-0.39, 0.29) is 0 Å². The second-order valence-corrected chi connectivity index (χ2v) is 8.92. The average molecular weight is 449 g/mol. The molecule has 3 aromatic rings. The van der Waals surface area contributed by atoms with Crippen LogP contribution >= 0.6 is 0 Å². The Morgan fingerprint density at radius 2 is 1.91 bits per heavy atom. The number of hydrogen-bond acceptors (Lipinski definition) is 5. The van der Waals surface area contributed by atoms with E-state index in [1.807, 2.05) is 24.3 Å². The van der Waals surface area contributed by atoms with Gasteiger partial charge in [0, 0.05) is 48.9 Å². The highest BCUT2D eigenvalue weighted by Crippen LogP contribution is 2.32. The second kappa shape index (κ2) is 9.75. The lowest BCUT2D eigenvalue weighted by Gasteiger charge is -2.36. The largest absolute Gasteiger partial charge is 0.493 e. The number of carbonyl (C=O) groups excluding carboxylic acids is 1. The average Bonchev–Trinajstić information content (AvgIpc) is 3.18. The number of para-hydroxylation sites is 1. The van der Waals surface area contributed by atoms with Gasteiger partial charge in [0.1, 0.15) is 11.3 Å². The molecule has 2 amide bonds. The third kappa shape index (κ3) is 4.93. The van der Waals surface area contributed by atoms with Crippen molar-refractivity contribution in [2.75, 3.05) is 49.5 Å². The van der Waals surface area contributed by atoms with Gasteiger partial charge in [-0.15, -0.1) is 0 Å². The summed E-state index contributed by atoms with van der Waals surface area (Å²) in [5.74, 6) is 1.55. The van der Waals surface area contributed by atoms with Crippen LogP contribution in [-0.4, -0.2) is 50.3 Å². The molecule has 3 heterocycles. The molecule has 1 aromatic heterocycles. The number of anilines is 2. The fourth-order valence-corrected chi connectivity index (χ4v) is 4.95. The van der Waals surface area contributed by atoms with Gasteiger partial charge in [0.2, 0.25) is 5.88 Å². The summed E-state index contributed by atoms with van der Waals surface area (Å²) < 4.78 is 11.7. The van der Waals surface area contributed by atoms with Crippen molar-refractivity contribution in [1.82, 2.24) is 4.90 Å². The molecule has 0 bridgehead atoms. The Morgan fingerprint density at radius 3 is 2.76 bits per heavy atom. The van der Waals surface area contributed by atoms with E-state index >= 15 is 0 Å². The highest BCUT2D eigenvalue weighted by atomic mass is 16.5. The minimum Gasteiger partial charge on any atom is -0.493 e. The van der Waals surface area contributed by atoms with Crippen LogP contribution in [0.15, 0.2) is 46.9 Å². The number of fused-ring (bicyclic) bond motifs is 2. The van der Waals surface area contributed by atoms with Crippen LogP contribution < -0.4 is 20.7 Å². The number of nitrogens with one attached hydrogen (secondary N) is 1. The molecular formula is C26H32N4O3. The molecule has 1 fully saturated rings. The van der Waals surface area contributed by atoms with Crippen molar-refractivity contribution in [3.05, 3.63) is 53.6 Å². The van der Waals surface area contributed by atoms with E-state index in [4.69, 9.17) is 14.9 Å². The van der Waals surface area contributed by atoms with E-state index < -0.39 is 6.03 Å². The molecular weight excluding hydrogens is 416 g/mol. The number of hydrogen-bond donors (Lipinski definition) is 2. The third-order valence-electron chi connectivity index (χ3n) is 6.72. The summed E-state index contributed by atoms with van der Waals surface area (Å²) in [5, 5.41) is 3.69. The van der Waals surface area contributed by atoms with Gasteiger partial charge in [0.25, 0.3) is 0 Å². The van der Waals surface area contributed by atoms with Crippen molar-refractivity contribution in [3.8, 4) is 5.75 Å². The summed E-state index contributed by atoms with van der Waals surface area (Å²) in [6.07, 6.45) is 5.21. The number of piperazine rings is 1. The normalized spacial score (nSPS) is 16.4. The zero-order valence-corrected chi connectivity index (χ0v) is 19.0. The van der Waals surface area contributed by atoms with Gasteiger partial charge in [-0.05, 0) is 56.3 Å². The summed E-state index contributed by atoms with van der Waals surface area (Å²) in [4.78, 5) is 16.4. The molecule has 2 aliphatic rings. The molecule has 7 nitrogen and oxygen atoms in total. The van der Waals surface area contributed by atoms with Gasteiger partial charge >= 0.3 is 6.03 Å². The maximum absolute atomic E-state index is 11.4. The predicted molar refractivity (Wildman–Crippen MR) is 131 cm³/mol. The number of furan rings is 1. The maximum Gasteiger partial charge on any atom is 0.318 e. The first-order chi connectivity index (χ1) is 16.2. The number of unbranched alkanes of at least 4 members (excludes halogenated alkanes) is 1. The first kappa shape index (κ1) is 21.6.